The molecule has 0 heterocycles. The molecule has 1 rings (SSSR count). The van der Waals surface area contributed by atoms with E-state index in [2.05, 4.69) is 17.2 Å². The van der Waals surface area contributed by atoms with Crippen LogP contribution in [-0.2, 0) is 4.74 Å². The summed E-state index contributed by atoms with van der Waals surface area (Å²) in [4.78, 5) is 11.9. The van der Waals surface area contributed by atoms with E-state index in [1.54, 1.807) is 46.8 Å². The first-order chi connectivity index (χ1) is 9.87. The number of halogens is 1. The SMILES string of the molecule is Cc1c(C#CC(C)(C)O)cc(Cl)cc1NC(=O)OC(C)(C)C. The molecule has 0 aliphatic rings. The van der Waals surface area contributed by atoms with E-state index in [-0.39, 0.29) is 0 Å². The number of carbonyl (C=O) groups excluding carboxylic acids is 1. The van der Waals surface area contributed by atoms with Crippen molar-refractivity contribution >= 4 is 23.4 Å². The van der Waals surface area contributed by atoms with Crippen molar-refractivity contribution in [3.05, 3.63) is 28.3 Å². The van der Waals surface area contributed by atoms with Gasteiger partial charge in [-0.25, -0.2) is 4.79 Å². The topological polar surface area (TPSA) is 58.6 Å². The van der Waals surface area contributed by atoms with E-state index in [0.29, 0.717) is 16.3 Å². The Morgan fingerprint density at radius 3 is 2.36 bits per heavy atom. The molecule has 0 spiro atoms. The van der Waals surface area contributed by atoms with Crippen LogP contribution >= 0.6 is 11.6 Å². The van der Waals surface area contributed by atoms with Gasteiger partial charge in [-0.3, -0.25) is 5.32 Å². The monoisotopic (exact) mass is 323 g/mol. The van der Waals surface area contributed by atoms with Gasteiger partial charge in [-0.1, -0.05) is 23.4 Å². The first kappa shape index (κ1) is 18.3. The minimum absolute atomic E-state index is 0.441. The Kier molecular flexibility index (Phi) is 5.50. The van der Waals surface area contributed by atoms with Crippen molar-refractivity contribution in [1.82, 2.24) is 0 Å². The average molecular weight is 324 g/mol. The van der Waals surface area contributed by atoms with Crippen LogP contribution in [-0.4, -0.2) is 22.4 Å². The molecule has 0 aliphatic heterocycles. The molecule has 0 radical (unpaired) electrons. The van der Waals surface area contributed by atoms with E-state index in [9.17, 15) is 9.90 Å². The third kappa shape index (κ3) is 6.38. The lowest BCUT2D eigenvalue weighted by Crippen LogP contribution is -2.27. The zero-order valence-corrected chi connectivity index (χ0v) is 14.6. The van der Waals surface area contributed by atoms with Crippen LogP contribution in [0.15, 0.2) is 12.1 Å². The fourth-order valence-corrected chi connectivity index (χ4v) is 1.79. The van der Waals surface area contributed by atoms with Gasteiger partial charge in [0.25, 0.3) is 0 Å². The highest BCUT2D eigenvalue weighted by molar-refractivity contribution is 6.31. The summed E-state index contributed by atoms with van der Waals surface area (Å²) < 4.78 is 5.22. The Hall–Kier alpha value is -1.70. The van der Waals surface area contributed by atoms with Gasteiger partial charge in [-0.05, 0) is 59.2 Å². The summed E-state index contributed by atoms with van der Waals surface area (Å²) >= 11 is 6.07. The lowest BCUT2D eigenvalue weighted by Gasteiger charge is -2.20. The highest BCUT2D eigenvalue weighted by Crippen LogP contribution is 2.25. The van der Waals surface area contributed by atoms with Crippen molar-refractivity contribution in [3.63, 3.8) is 0 Å². The Morgan fingerprint density at radius 2 is 1.86 bits per heavy atom. The highest BCUT2D eigenvalue weighted by Gasteiger charge is 2.17. The normalized spacial score (nSPS) is 11.5. The van der Waals surface area contributed by atoms with Gasteiger partial charge in [-0.15, -0.1) is 0 Å². The molecule has 0 unspecified atom stereocenters. The number of carbonyl (C=O) groups is 1. The molecule has 2 N–H and O–H groups in total. The molecule has 0 bridgehead atoms. The summed E-state index contributed by atoms with van der Waals surface area (Å²) in [6, 6.07) is 3.33. The molecule has 0 saturated heterocycles. The average Bonchev–Trinajstić information content (AvgIpc) is 2.27. The first-order valence-electron chi connectivity index (χ1n) is 6.93. The standard InChI is InChI=1S/C17H22ClNO3/c1-11-12(7-8-17(5,6)21)9-13(18)10-14(11)19-15(20)22-16(2,3)4/h9-10,21H,1-6H3,(H,19,20). The quantitative estimate of drug-likeness (QED) is 0.764. The molecule has 22 heavy (non-hydrogen) atoms. The predicted molar refractivity (Wildman–Crippen MR) is 89.2 cm³/mol. The van der Waals surface area contributed by atoms with Gasteiger partial charge < -0.3 is 9.84 Å². The molecule has 1 aromatic rings. The first-order valence-corrected chi connectivity index (χ1v) is 7.31. The van der Waals surface area contributed by atoms with Gasteiger partial charge in [0.1, 0.15) is 11.2 Å². The number of rotatable bonds is 1. The minimum Gasteiger partial charge on any atom is -0.444 e. The maximum Gasteiger partial charge on any atom is 0.412 e. The molecule has 0 fully saturated rings. The second-order valence-electron chi connectivity index (χ2n) is 6.56. The zero-order valence-electron chi connectivity index (χ0n) is 13.8. The number of ether oxygens (including phenoxy) is 1. The maximum absolute atomic E-state index is 11.9. The van der Waals surface area contributed by atoms with Crippen LogP contribution in [0.4, 0.5) is 10.5 Å². The van der Waals surface area contributed by atoms with Crippen LogP contribution in [0, 0.1) is 18.8 Å². The smallest absolute Gasteiger partial charge is 0.412 e. The number of hydrogen-bond donors (Lipinski definition) is 2. The van der Waals surface area contributed by atoms with Crippen LogP contribution in [0.1, 0.15) is 45.7 Å². The molecule has 0 atom stereocenters. The Balaban J connectivity index is 3.09. The Labute approximate surface area is 136 Å². The van der Waals surface area contributed by atoms with Crippen molar-refractivity contribution in [2.24, 2.45) is 0 Å². The second-order valence-corrected chi connectivity index (χ2v) is 7.00. The van der Waals surface area contributed by atoms with E-state index in [1.807, 2.05) is 6.92 Å². The van der Waals surface area contributed by atoms with Crippen molar-refractivity contribution < 1.29 is 14.6 Å². The molecule has 1 amide bonds. The second kappa shape index (κ2) is 6.60. The molecule has 0 saturated carbocycles. The summed E-state index contributed by atoms with van der Waals surface area (Å²) in [5.74, 6) is 5.61. The third-order valence-corrected chi connectivity index (χ3v) is 2.73. The number of amides is 1. The summed E-state index contributed by atoms with van der Waals surface area (Å²) in [6.07, 6.45) is -0.556. The van der Waals surface area contributed by atoms with E-state index >= 15 is 0 Å². The van der Waals surface area contributed by atoms with Gasteiger partial charge in [-0.2, -0.15) is 0 Å². The summed E-state index contributed by atoms with van der Waals surface area (Å²) in [6.45, 7) is 10.4. The molecular formula is C17H22ClNO3. The van der Waals surface area contributed by atoms with E-state index < -0.39 is 17.3 Å². The van der Waals surface area contributed by atoms with Crippen LogP contribution in [0.25, 0.3) is 0 Å². The van der Waals surface area contributed by atoms with Crippen LogP contribution in [0.3, 0.4) is 0 Å². The van der Waals surface area contributed by atoms with Crippen LogP contribution in [0.5, 0.6) is 0 Å². The zero-order chi connectivity index (χ0) is 17.1. The molecule has 4 nitrogen and oxygen atoms in total. The van der Waals surface area contributed by atoms with Crippen molar-refractivity contribution in [2.45, 2.75) is 52.7 Å². The van der Waals surface area contributed by atoms with Crippen molar-refractivity contribution in [2.75, 3.05) is 5.32 Å². The van der Waals surface area contributed by atoms with Gasteiger partial charge in [0, 0.05) is 16.3 Å². The largest absolute Gasteiger partial charge is 0.444 e. The summed E-state index contributed by atoms with van der Waals surface area (Å²) in [7, 11) is 0. The molecule has 0 aliphatic carbocycles. The van der Waals surface area contributed by atoms with Gasteiger partial charge in [0.2, 0.25) is 0 Å². The van der Waals surface area contributed by atoms with Gasteiger partial charge in [0.05, 0.1) is 0 Å². The Bertz CT molecular complexity index is 628. The number of hydrogen-bond acceptors (Lipinski definition) is 3. The van der Waals surface area contributed by atoms with Crippen LogP contribution in [0.2, 0.25) is 5.02 Å². The lowest BCUT2D eigenvalue weighted by molar-refractivity contribution is 0.0635. The fourth-order valence-electron chi connectivity index (χ4n) is 1.57. The molecule has 0 aromatic heterocycles. The fraction of sp³-hybridized carbons (Fsp3) is 0.471. The molecular weight excluding hydrogens is 302 g/mol. The number of benzene rings is 1. The Morgan fingerprint density at radius 1 is 1.27 bits per heavy atom. The number of nitrogens with one attached hydrogen (secondary N) is 1. The van der Waals surface area contributed by atoms with E-state index in [4.69, 9.17) is 16.3 Å². The van der Waals surface area contributed by atoms with Gasteiger partial charge >= 0.3 is 6.09 Å². The van der Waals surface area contributed by atoms with Crippen LogP contribution < -0.4 is 5.32 Å². The highest BCUT2D eigenvalue weighted by atomic mass is 35.5. The predicted octanol–water partition coefficient (Wildman–Crippen LogP) is 4.12. The van der Waals surface area contributed by atoms with E-state index in [1.165, 1.54) is 0 Å². The summed E-state index contributed by atoms with van der Waals surface area (Å²) in [5.41, 5.74) is 0.239. The maximum atomic E-state index is 11.9. The summed E-state index contributed by atoms with van der Waals surface area (Å²) in [5, 5.41) is 12.8. The van der Waals surface area contributed by atoms with Gasteiger partial charge in [0.15, 0.2) is 0 Å². The third-order valence-electron chi connectivity index (χ3n) is 2.51. The minimum atomic E-state index is -1.10. The van der Waals surface area contributed by atoms with Crippen molar-refractivity contribution in [1.29, 1.82) is 0 Å². The van der Waals surface area contributed by atoms with Crippen molar-refractivity contribution in [3.8, 4) is 11.8 Å². The molecule has 120 valence electrons. The number of aliphatic hydroxyl groups is 1. The molecule has 5 heteroatoms. The van der Waals surface area contributed by atoms with E-state index in [0.717, 1.165) is 5.56 Å². The molecule has 1 aromatic carbocycles. The lowest BCUT2D eigenvalue weighted by atomic mass is 10.0. The number of anilines is 1.